The Morgan fingerprint density at radius 1 is 1.12 bits per heavy atom. The minimum atomic E-state index is 0.587. The Labute approximate surface area is 158 Å². The summed E-state index contributed by atoms with van der Waals surface area (Å²) < 4.78 is 0. The molecule has 4 heteroatoms. The molecule has 0 saturated carbocycles. The number of rotatable bonds is 5. The average Bonchev–Trinajstić information content (AvgIpc) is 3.16. The van der Waals surface area contributed by atoms with Gasteiger partial charge in [0.05, 0.1) is 11.3 Å². The van der Waals surface area contributed by atoms with Crippen LogP contribution in [0.5, 0.6) is 0 Å². The summed E-state index contributed by atoms with van der Waals surface area (Å²) in [6, 6.07) is 18.8. The van der Waals surface area contributed by atoms with Gasteiger partial charge in [-0.1, -0.05) is 43.3 Å². The molecule has 0 saturated heterocycles. The topological polar surface area (TPSA) is 39.9 Å². The van der Waals surface area contributed by atoms with E-state index in [1.54, 1.807) is 0 Å². The highest BCUT2D eigenvalue weighted by Gasteiger charge is 2.09. The van der Waals surface area contributed by atoms with Crippen LogP contribution >= 0.6 is 11.3 Å². The highest BCUT2D eigenvalue weighted by molar-refractivity contribution is 7.11. The Hall–Kier alpha value is -2.90. The molecule has 0 N–H and O–H groups in total. The monoisotopic (exact) mass is 359 g/mol. The fraction of sp³-hybridized carbons (Fsp3) is 0.182. The molecule has 0 radical (unpaired) electrons. The second-order valence-corrected chi connectivity index (χ2v) is 7.10. The summed E-state index contributed by atoms with van der Waals surface area (Å²) in [4.78, 5) is 6.72. The van der Waals surface area contributed by atoms with Gasteiger partial charge in [-0.15, -0.1) is 11.3 Å². The van der Waals surface area contributed by atoms with Crippen molar-refractivity contribution in [2.75, 3.05) is 19.0 Å². The number of hydrogen-bond acceptors (Lipinski definition) is 4. The van der Waals surface area contributed by atoms with Crippen molar-refractivity contribution >= 4 is 28.7 Å². The van der Waals surface area contributed by atoms with Gasteiger partial charge in [0.1, 0.15) is 11.1 Å². The number of benzene rings is 2. The Morgan fingerprint density at radius 2 is 1.81 bits per heavy atom. The summed E-state index contributed by atoms with van der Waals surface area (Å²) in [5, 5.41) is 12.3. The lowest BCUT2D eigenvalue weighted by Crippen LogP contribution is -2.07. The molecule has 0 spiro atoms. The normalized spacial score (nSPS) is 11.2. The Balaban J connectivity index is 1.86. The van der Waals surface area contributed by atoms with E-state index >= 15 is 0 Å². The summed E-state index contributed by atoms with van der Waals surface area (Å²) in [6.45, 7) is 2.14. The quantitative estimate of drug-likeness (QED) is 0.565. The van der Waals surface area contributed by atoms with Crippen LogP contribution in [0.3, 0.4) is 0 Å². The molecular weight excluding hydrogens is 338 g/mol. The van der Waals surface area contributed by atoms with E-state index in [-0.39, 0.29) is 0 Å². The van der Waals surface area contributed by atoms with Crippen LogP contribution in [0.4, 0.5) is 5.69 Å². The maximum atomic E-state index is 9.57. The van der Waals surface area contributed by atoms with Gasteiger partial charge in [-0.05, 0) is 35.8 Å². The van der Waals surface area contributed by atoms with E-state index in [0.717, 1.165) is 33.9 Å². The molecule has 3 rings (SSSR count). The lowest BCUT2D eigenvalue weighted by molar-refractivity contribution is 1.13. The third-order valence-corrected chi connectivity index (χ3v) is 5.11. The van der Waals surface area contributed by atoms with Crippen molar-refractivity contribution in [2.45, 2.75) is 13.3 Å². The van der Waals surface area contributed by atoms with Crippen LogP contribution in [0.15, 0.2) is 53.9 Å². The number of hydrogen-bond donors (Lipinski definition) is 0. The first-order chi connectivity index (χ1) is 12.6. The largest absolute Gasteiger partial charge is 0.378 e. The third-order valence-electron chi connectivity index (χ3n) is 4.23. The van der Waals surface area contributed by atoms with Crippen molar-refractivity contribution in [1.29, 1.82) is 5.26 Å². The molecule has 2 aromatic carbocycles. The van der Waals surface area contributed by atoms with Gasteiger partial charge in [-0.3, -0.25) is 0 Å². The summed E-state index contributed by atoms with van der Waals surface area (Å²) in [5.74, 6) is 0. The molecule has 0 bridgehead atoms. The molecule has 0 aliphatic heterocycles. The zero-order chi connectivity index (χ0) is 18.5. The predicted octanol–water partition coefficient (Wildman–Crippen LogP) is 5.50. The van der Waals surface area contributed by atoms with E-state index in [9.17, 15) is 5.26 Å². The number of allylic oxidation sites excluding steroid dienone is 1. The van der Waals surface area contributed by atoms with Crippen molar-refractivity contribution in [3.8, 4) is 17.3 Å². The molecule has 26 heavy (non-hydrogen) atoms. The smallest absolute Gasteiger partial charge is 0.134 e. The van der Waals surface area contributed by atoms with Gasteiger partial charge >= 0.3 is 0 Å². The van der Waals surface area contributed by atoms with E-state index in [2.05, 4.69) is 47.1 Å². The number of aromatic nitrogens is 1. The number of aryl methyl sites for hydroxylation is 1. The van der Waals surface area contributed by atoms with Crippen molar-refractivity contribution in [3.63, 3.8) is 0 Å². The van der Waals surface area contributed by atoms with Crippen LogP contribution < -0.4 is 4.90 Å². The summed E-state index contributed by atoms with van der Waals surface area (Å²) in [5.41, 5.74) is 6.02. The Kier molecular flexibility index (Phi) is 5.50. The molecule has 3 nitrogen and oxygen atoms in total. The van der Waals surface area contributed by atoms with E-state index in [0.29, 0.717) is 5.57 Å². The fourth-order valence-electron chi connectivity index (χ4n) is 2.62. The summed E-state index contributed by atoms with van der Waals surface area (Å²) in [6.07, 6.45) is 2.92. The lowest BCUT2D eigenvalue weighted by Gasteiger charge is -2.11. The van der Waals surface area contributed by atoms with Gasteiger partial charge in [-0.2, -0.15) is 5.26 Å². The zero-order valence-electron chi connectivity index (χ0n) is 15.2. The SMILES string of the molecule is CCc1ccc(-c2csc(/C(C#N)=C\c3ccc(N(C)C)cc3)n2)cc1. The van der Waals surface area contributed by atoms with E-state index < -0.39 is 0 Å². The predicted molar refractivity (Wildman–Crippen MR) is 111 cm³/mol. The highest BCUT2D eigenvalue weighted by Crippen LogP contribution is 2.27. The molecule has 3 aromatic rings. The maximum absolute atomic E-state index is 9.57. The van der Waals surface area contributed by atoms with Crippen LogP contribution in [0, 0.1) is 11.3 Å². The average molecular weight is 359 g/mol. The number of nitrogens with zero attached hydrogens (tertiary/aromatic N) is 3. The maximum Gasteiger partial charge on any atom is 0.134 e. The highest BCUT2D eigenvalue weighted by atomic mass is 32.1. The number of anilines is 1. The Morgan fingerprint density at radius 3 is 2.38 bits per heavy atom. The first kappa shape index (κ1) is 17.9. The standard InChI is InChI=1S/C22H21N3S/c1-4-16-5-9-18(10-6-16)21-15-26-22(24-21)19(14-23)13-17-7-11-20(12-8-17)25(2)3/h5-13,15H,4H2,1-3H3/b19-13-. The molecule has 0 aliphatic carbocycles. The van der Waals surface area contributed by atoms with Crippen molar-refractivity contribution < 1.29 is 0 Å². The lowest BCUT2D eigenvalue weighted by atomic mass is 10.1. The van der Waals surface area contributed by atoms with Gasteiger partial charge < -0.3 is 4.90 Å². The number of nitriles is 1. The molecule has 1 heterocycles. The summed E-state index contributed by atoms with van der Waals surface area (Å²) >= 11 is 1.50. The molecule has 1 aromatic heterocycles. The summed E-state index contributed by atoms with van der Waals surface area (Å²) in [7, 11) is 4.02. The second kappa shape index (κ2) is 7.99. The van der Waals surface area contributed by atoms with Crippen LogP contribution in [-0.2, 0) is 6.42 Å². The van der Waals surface area contributed by atoms with E-state index in [1.807, 2.05) is 49.8 Å². The van der Waals surface area contributed by atoms with Crippen molar-refractivity contribution in [3.05, 3.63) is 70.0 Å². The first-order valence-corrected chi connectivity index (χ1v) is 9.43. The van der Waals surface area contributed by atoms with Gasteiger partial charge in [0.15, 0.2) is 0 Å². The van der Waals surface area contributed by atoms with Crippen molar-refractivity contribution in [1.82, 2.24) is 4.98 Å². The third kappa shape index (κ3) is 4.01. The van der Waals surface area contributed by atoms with Crippen molar-refractivity contribution in [2.24, 2.45) is 0 Å². The molecule has 0 amide bonds. The molecule has 0 unspecified atom stereocenters. The van der Waals surface area contributed by atoms with Crippen LogP contribution in [-0.4, -0.2) is 19.1 Å². The van der Waals surface area contributed by atoms with E-state index in [4.69, 9.17) is 0 Å². The second-order valence-electron chi connectivity index (χ2n) is 6.24. The molecular formula is C22H21N3S. The van der Waals surface area contributed by atoms with Crippen LogP contribution in [0.1, 0.15) is 23.1 Å². The molecule has 0 aliphatic rings. The Bertz CT molecular complexity index is 942. The fourth-order valence-corrected chi connectivity index (χ4v) is 3.41. The minimum Gasteiger partial charge on any atom is -0.378 e. The molecule has 0 fully saturated rings. The van der Waals surface area contributed by atoms with Gasteiger partial charge in [0, 0.05) is 30.7 Å². The van der Waals surface area contributed by atoms with Gasteiger partial charge in [-0.25, -0.2) is 4.98 Å². The van der Waals surface area contributed by atoms with Crippen LogP contribution in [0.25, 0.3) is 22.9 Å². The van der Waals surface area contributed by atoms with Gasteiger partial charge in [0.25, 0.3) is 0 Å². The molecule has 130 valence electrons. The number of thiazole rings is 1. The minimum absolute atomic E-state index is 0.587. The zero-order valence-corrected chi connectivity index (χ0v) is 16.0. The van der Waals surface area contributed by atoms with Gasteiger partial charge in [0.2, 0.25) is 0 Å². The molecule has 0 atom stereocenters. The van der Waals surface area contributed by atoms with E-state index in [1.165, 1.54) is 16.9 Å². The van der Waals surface area contributed by atoms with Crippen LogP contribution in [0.2, 0.25) is 0 Å². The first-order valence-electron chi connectivity index (χ1n) is 8.55.